The highest BCUT2D eigenvalue weighted by molar-refractivity contribution is 5.33. The monoisotopic (exact) mass is 666 g/mol. The molecule has 2 saturated heterocycles. The van der Waals surface area contributed by atoms with Crippen molar-refractivity contribution in [2.45, 2.75) is 134 Å². The van der Waals surface area contributed by atoms with Gasteiger partial charge in [-0.15, -0.1) is 0 Å². The lowest BCUT2D eigenvalue weighted by Gasteiger charge is -2.31. The summed E-state index contributed by atoms with van der Waals surface area (Å²) < 4.78 is 46.2. The van der Waals surface area contributed by atoms with Crippen molar-refractivity contribution in [3.8, 4) is 11.5 Å². The molecule has 0 radical (unpaired) electrons. The fourth-order valence-electron chi connectivity index (χ4n) is 5.50. The molecule has 4 atom stereocenters. The smallest absolute Gasteiger partial charge is 0.123 e. The summed E-state index contributed by atoms with van der Waals surface area (Å²) >= 11 is 0. The predicted molar refractivity (Wildman–Crippen MR) is 185 cm³/mol. The highest BCUT2D eigenvalue weighted by atomic mass is 16.6. The van der Waals surface area contributed by atoms with Crippen LogP contribution >= 0.6 is 0 Å². The number of ether oxygens (including phenoxy) is 8. The molecule has 10 nitrogen and oxygen atoms in total. The minimum atomic E-state index is -0.267. The molecule has 4 unspecified atom stereocenters. The molecule has 0 amide bonds. The molecule has 2 heterocycles. The van der Waals surface area contributed by atoms with Crippen LogP contribution in [0, 0.1) is 0 Å². The Balaban J connectivity index is 1.18. The Morgan fingerprint density at radius 3 is 1.96 bits per heavy atom. The molecule has 0 aromatic heterocycles. The third kappa shape index (κ3) is 18.7. The van der Waals surface area contributed by atoms with Gasteiger partial charge in [-0.25, -0.2) is 0 Å². The Morgan fingerprint density at radius 2 is 1.36 bits per heavy atom. The summed E-state index contributed by atoms with van der Waals surface area (Å²) in [4.78, 5) is 0. The Morgan fingerprint density at radius 1 is 0.766 bits per heavy atom. The maximum Gasteiger partial charge on any atom is 0.123 e. The zero-order valence-electron chi connectivity index (χ0n) is 29.9. The summed E-state index contributed by atoms with van der Waals surface area (Å²) in [6, 6.07) is 7.27. The van der Waals surface area contributed by atoms with Crippen LogP contribution in [0.2, 0.25) is 0 Å². The molecule has 272 valence electrons. The van der Waals surface area contributed by atoms with Gasteiger partial charge in [-0.3, -0.25) is 0 Å². The number of benzene rings is 1. The van der Waals surface area contributed by atoms with Crippen LogP contribution in [-0.4, -0.2) is 102 Å². The fourth-order valence-corrected chi connectivity index (χ4v) is 5.50. The summed E-state index contributed by atoms with van der Waals surface area (Å²) in [5.41, 5.74) is 12.3. The predicted octanol–water partition coefficient (Wildman–Crippen LogP) is 5.81. The highest BCUT2D eigenvalue weighted by Crippen LogP contribution is 2.26. The summed E-state index contributed by atoms with van der Waals surface area (Å²) in [6.45, 7) is 15.3. The van der Waals surface area contributed by atoms with Crippen molar-refractivity contribution in [2.24, 2.45) is 11.5 Å². The molecule has 0 spiro atoms. The van der Waals surface area contributed by atoms with Crippen LogP contribution in [0.15, 0.2) is 24.3 Å². The maximum absolute atomic E-state index is 6.48. The molecule has 10 heteroatoms. The Hall–Kier alpha value is -1.50. The number of epoxide rings is 1. The van der Waals surface area contributed by atoms with E-state index in [0.29, 0.717) is 44.4 Å². The van der Waals surface area contributed by atoms with Crippen molar-refractivity contribution in [2.75, 3.05) is 66.1 Å². The Kier molecular flexibility index (Phi) is 18.9. The first-order valence-corrected chi connectivity index (χ1v) is 18.2. The van der Waals surface area contributed by atoms with Gasteiger partial charge in [-0.1, -0.05) is 38.7 Å². The lowest BCUT2D eigenvalue weighted by atomic mass is 9.94. The first-order valence-electron chi connectivity index (χ1n) is 18.2. The van der Waals surface area contributed by atoms with Crippen molar-refractivity contribution in [1.82, 2.24) is 0 Å². The second-order valence-electron chi connectivity index (χ2n) is 14.2. The van der Waals surface area contributed by atoms with E-state index in [9.17, 15) is 0 Å². The Bertz CT molecular complexity index is 945. The molecule has 0 saturated carbocycles. The third-order valence-electron chi connectivity index (χ3n) is 8.76. The molecule has 3 rings (SSSR count). The fraction of sp³-hybridized carbons (Fsp3) is 0.838. The molecule has 1 aromatic rings. The van der Waals surface area contributed by atoms with E-state index >= 15 is 0 Å². The number of nitrogens with two attached hydrogens (primary N) is 2. The van der Waals surface area contributed by atoms with Crippen molar-refractivity contribution >= 4 is 0 Å². The number of unbranched alkanes of at least 4 members (excludes halogenated alkanes) is 6. The molecular formula is C37H66N2O8. The summed E-state index contributed by atoms with van der Waals surface area (Å²) in [5.74, 6) is 1.44. The van der Waals surface area contributed by atoms with Crippen molar-refractivity contribution < 1.29 is 37.9 Å². The van der Waals surface area contributed by atoms with Gasteiger partial charge in [0.1, 0.15) is 30.8 Å². The first-order chi connectivity index (χ1) is 22.7. The van der Waals surface area contributed by atoms with E-state index in [1.807, 2.05) is 24.3 Å². The van der Waals surface area contributed by atoms with Crippen LogP contribution in [0.25, 0.3) is 0 Å². The van der Waals surface area contributed by atoms with Gasteiger partial charge >= 0.3 is 0 Å². The lowest BCUT2D eigenvalue weighted by molar-refractivity contribution is -0.130. The normalized spacial score (nSPS) is 19.1. The van der Waals surface area contributed by atoms with Crippen LogP contribution < -0.4 is 20.9 Å². The van der Waals surface area contributed by atoms with Crippen molar-refractivity contribution in [1.29, 1.82) is 0 Å². The lowest BCUT2D eigenvalue weighted by Crippen LogP contribution is -2.40. The van der Waals surface area contributed by atoms with Crippen molar-refractivity contribution in [3.63, 3.8) is 0 Å². The molecule has 2 aliphatic heterocycles. The number of hydrogen-bond donors (Lipinski definition) is 2. The standard InChI is InChI=1S/C37H66N2O8/c1-5-37(4,47-20-13-9-7-11-18-42-35-27-41-28-35)22-30(38)25-43-32-15-14-16-33(21-32)44-26-31(39)24-40-17-10-6-8-12-19-46-36(2,3)23-34-29-45-34/h14-16,21,30-31,34-35H,5-13,17-20,22-29,38-39H2,1-4H3. The average molecular weight is 667 g/mol. The molecule has 4 N–H and O–H groups in total. The van der Waals surface area contributed by atoms with E-state index < -0.39 is 0 Å². The molecular weight excluding hydrogens is 600 g/mol. The van der Waals surface area contributed by atoms with Gasteiger partial charge in [0.2, 0.25) is 0 Å². The second kappa shape index (κ2) is 22.3. The summed E-state index contributed by atoms with van der Waals surface area (Å²) in [7, 11) is 0. The van der Waals surface area contributed by atoms with Crippen molar-refractivity contribution in [3.05, 3.63) is 24.3 Å². The number of rotatable bonds is 30. The second-order valence-corrected chi connectivity index (χ2v) is 14.2. The Labute approximate surface area is 284 Å². The summed E-state index contributed by atoms with van der Waals surface area (Å²) in [5, 5.41) is 0. The van der Waals surface area contributed by atoms with E-state index in [2.05, 4.69) is 27.7 Å². The van der Waals surface area contributed by atoms with Gasteiger partial charge in [0.05, 0.1) is 49.8 Å². The molecule has 2 fully saturated rings. The van der Waals surface area contributed by atoms with Gasteiger partial charge in [-0.2, -0.15) is 0 Å². The number of hydrogen-bond acceptors (Lipinski definition) is 10. The molecule has 47 heavy (non-hydrogen) atoms. The zero-order chi connectivity index (χ0) is 33.8. The van der Waals surface area contributed by atoms with Gasteiger partial charge in [-0.05, 0) is 71.4 Å². The molecule has 0 bridgehead atoms. The van der Waals surface area contributed by atoms with Crippen LogP contribution in [0.1, 0.15) is 98.3 Å². The average Bonchev–Trinajstić information content (AvgIpc) is 3.83. The zero-order valence-corrected chi connectivity index (χ0v) is 29.9. The van der Waals surface area contributed by atoms with E-state index in [4.69, 9.17) is 49.4 Å². The first kappa shape index (κ1) is 39.9. The van der Waals surface area contributed by atoms with Gasteiger partial charge in [0, 0.05) is 45.0 Å². The van der Waals surface area contributed by atoms with Gasteiger partial charge in [0.25, 0.3) is 0 Å². The van der Waals surface area contributed by atoms with E-state index in [1.165, 1.54) is 0 Å². The SMILES string of the molecule is CCC(C)(CC(N)COc1cccc(OCC(N)COCCCCCCOC(C)(C)CC2CO2)c1)OCCCCCCOC1COC1. The van der Waals surface area contributed by atoms with Gasteiger partial charge < -0.3 is 49.4 Å². The van der Waals surface area contributed by atoms with Crippen LogP contribution in [0.3, 0.4) is 0 Å². The van der Waals surface area contributed by atoms with E-state index in [0.717, 1.165) is 116 Å². The topological polar surface area (TPSA) is 129 Å². The quantitative estimate of drug-likeness (QED) is 0.0767. The van der Waals surface area contributed by atoms with Crippen LogP contribution in [0.4, 0.5) is 0 Å². The van der Waals surface area contributed by atoms with Crippen LogP contribution in [-0.2, 0) is 28.4 Å². The summed E-state index contributed by atoms with van der Waals surface area (Å²) in [6.07, 6.45) is 12.1. The molecule has 0 aliphatic carbocycles. The van der Waals surface area contributed by atoms with E-state index in [-0.39, 0.29) is 23.3 Å². The van der Waals surface area contributed by atoms with Crippen LogP contribution in [0.5, 0.6) is 11.5 Å². The highest BCUT2D eigenvalue weighted by Gasteiger charge is 2.31. The minimum Gasteiger partial charge on any atom is -0.492 e. The van der Waals surface area contributed by atoms with E-state index in [1.54, 1.807) is 0 Å². The molecule has 1 aromatic carbocycles. The van der Waals surface area contributed by atoms with Gasteiger partial charge in [0.15, 0.2) is 0 Å². The largest absolute Gasteiger partial charge is 0.492 e. The molecule has 2 aliphatic rings. The maximum atomic E-state index is 6.48. The third-order valence-corrected chi connectivity index (χ3v) is 8.76. The minimum absolute atomic E-state index is 0.0982.